The largest absolute Gasteiger partial charge is 0.305 e. The van der Waals surface area contributed by atoms with Gasteiger partial charge in [0.15, 0.2) is 5.69 Å². The smallest absolute Gasteiger partial charge is 0.277 e. The van der Waals surface area contributed by atoms with E-state index in [1.54, 1.807) is 6.20 Å². The van der Waals surface area contributed by atoms with Crippen LogP contribution >= 0.6 is 0 Å². The standard InChI is InChI=1S/C19H18N4O/c1-13-10-11-17(20-12-13)21-19(24)18-15-8-5-9-16(15)23(22-18)14-6-3-2-4-7-14/h2-4,6-7,10-12H,5,8-9H2,1H3,(H,20,21,24). The molecule has 3 aromatic rings. The summed E-state index contributed by atoms with van der Waals surface area (Å²) in [5.41, 5.74) is 4.76. The summed E-state index contributed by atoms with van der Waals surface area (Å²) in [5.74, 6) is 0.353. The topological polar surface area (TPSA) is 59.8 Å². The van der Waals surface area contributed by atoms with E-state index in [2.05, 4.69) is 15.4 Å². The number of benzene rings is 1. The summed E-state index contributed by atoms with van der Waals surface area (Å²) in [6.07, 6.45) is 4.64. The first-order chi connectivity index (χ1) is 11.7. The highest BCUT2D eigenvalue weighted by Gasteiger charge is 2.27. The van der Waals surface area contributed by atoms with Crippen molar-refractivity contribution in [2.45, 2.75) is 26.2 Å². The van der Waals surface area contributed by atoms with Crippen molar-refractivity contribution in [3.63, 3.8) is 0 Å². The van der Waals surface area contributed by atoms with Crippen LogP contribution in [-0.2, 0) is 12.8 Å². The molecule has 1 aliphatic rings. The van der Waals surface area contributed by atoms with Gasteiger partial charge in [0.05, 0.1) is 5.69 Å². The third-order valence-corrected chi connectivity index (χ3v) is 4.30. The lowest BCUT2D eigenvalue weighted by Crippen LogP contribution is -2.15. The molecule has 5 heteroatoms. The number of aryl methyl sites for hydroxylation is 1. The Kier molecular flexibility index (Phi) is 3.61. The van der Waals surface area contributed by atoms with Crippen molar-refractivity contribution < 1.29 is 4.79 Å². The molecule has 2 heterocycles. The Morgan fingerprint density at radius 3 is 2.71 bits per heavy atom. The van der Waals surface area contributed by atoms with Crippen molar-refractivity contribution in [1.82, 2.24) is 14.8 Å². The molecule has 0 aliphatic heterocycles. The summed E-state index contributed by atoms with van der Waals surface area (Å²) >= 11 is 0. The monoisotopic (exact) mass is 318 g/mol. The summed E-state index contributed by atoms with van der Waals surface area (Å²) in [5, 5.41) is 7.45. The molecule has 0 unspecified atom stereocenters. The van der Waals surface area contributed by atoms with Crippen LogP contribution in [0.2, 0.25) is 0 Å². The van der Waals surface area contributed by atoms with Crippen molar-refractivity contribution in [3.8, 4) is 5.69 Å². The lowest BCUT2D eigenvalue weighted by molar-refractivity contribution is 0.102. The zero-order valence-corrected chi connectivity index (χ0v) is 13.5. The Balaban J connectivity index is 1.68. The SMILES string of the molecule is Cc1ccc(NC(=O)c2nn(-c3ccccc3)c3c2CCC3)nc1. The minimum absolute atomic E-state index is 0.195. The van der Waals surface area contributed by atoms with E-state index >= 15 is 0 Å². The molecule has 0 saturated carbocycles. The fourth-order valence-electron chi connectivity index (χ4n) is 3.12. The molecule has 1 N–H and O–H groups in total. The molecule has 120 valence electrons. The van der Waals surface area contributed by atoms with E-state index in [9.17, 15) is 4.79 Å². The number of carbonyl (C=O) groups is 1. The highest BCUT2D eigenvalue weighted by Crippen LogP contribution is 2.28. The quantitative estimate of drug-likeness (QED) is 0.806. The van der Waals surface area contributed by atoms with Gasteiger partial charge in [0.25, 0.3) is 5.91 Å². The molecule has 0 saturated heterocycles. The van der Waals surface area contributed by atoms with Gasteiger partial charge in [-0.15, -0.1) is 0 Å². The first kappa shape index (κ1) is 14.6. The molecule has 1 amide bonds. The van der Waals surface area contributed by atoms with E-state index in [0.717, 1.165) is 41.8 Å². The van der Waals surface area contributed by atoms with Gasteiger partial charge in [-0.25, -0.2) is 9.67 Å². The van der Waals surface area contributed by atoms with Gasteiger partial charge < -0.3 is 5.32 Å². The van der Waals surface area contributed by atoms with Gasteiger partial charge >= 0.3 is 0 Å². The normalized spacial score (nSPS) is 12.9. The van der Waals surface area contributed by atoms with Crippen LogP contribution in [0.3, 0.4) is 0 Å². The Bertz CT molecular complexity index is 882. The van der Waals surface area contributed by atoms with Crippen LogP contribution in [-0.4, -0.2) is 20.7 Å². The number of anilines is 1. The van der Waals surface area contributed by atoms with Gasteiger partial charge in [-0.1, -0.05) is 24.3 Å². The van der Waals surface area contributed by atoms with Crippen LogP contribution in [0.25, 0.3) is 5.69 Å². The maximum atomic E-state index is 12.7. The third-order valence-electron chi connectivity index (χ3n) is 4.30. The average Bonchev–Trinajstić information content (AvgIpc) is 3.20. The van der Waals surface area contributed by atoms with Gasteiger partial charge in [0.1, 0.15) is 5.82 Å². The van der Waals surface area contributed by atoms with Crippen LogP contribution in [0.15, 0.2) is 48.7 Å². The van der Waals surface area contributed by atoms with Crippen LogP contribution in [0.4, 0.5) is 5.82 Å². The Morgan fingerprint density at radius 1 is 1.12 bits per heavy atom. The molecule has 2 aromatic heterocycles. The van der Waals surface area contributed by atoms with Crippen LogP contribution in [0, 0.1) is 6.92 Å². The van der Waals surface area contributed by atoms with E-state index < -0.39 is 0 Å². The number of fused-ring (bicyclic) bond motifs is 1. The van der Waals surface area contributed by atoms with Gasteiger partial charge in [-0.3, -0.25) is 4.79 Å². The van der Waals surface area contributed by atoms with Crippen molar-refractivity contribution in [2.24, 2.45) is 0 Å². The molecule has 5 nitrogen and oxygen atoms in total. The molecular weight excluding hydrogens is 300 g/mol. The number of amides is 1. The molecule has 0 spiro atoms. The van der Waals surface area contributed by atoms with Gasteiger partial charge in [0.2, 0.25) is 0 Å². The Morgan fingerprint density at radius 2 is 1.96 bits per heavy atom. The summed E-state index contributed by atoms with van der Waals surface area (Å²) in [7, 11) is 0. The van der Waals surface area contributed by atoms with Crippen molar-refractivity contribution in [1.29, 1.82) is 0 Å². The van der Waals surface area contributed by atoms with Crippen LogP contribution < -0.4 is 5.32 Å². The number of nitrogens with one attached hydrogen (secondary N) is 1. The zero-order valence-electron chi connectivity index (χ0n) is 13.5. The molecule has 1 aliphatic carbocycles. The number of rotatable bonds is 3. The Labute approximate surface area is 140 Å². The van der Waals surface area contributed by atoms with E-state index in [-0.39, 0.29) is 5.91 Å². The van der Waals surface area contributed by atoms with Crippen molar-refractivity contribution in [2.75, 3.05) is 5.32 Å². The number of pyridine rings is 1. The minimum Gasteiger partial charge on any atom is -0.305 e. The first-order valence-electron chi connectivity index (χ1n) is 8.12. The summed E-state index contributed by atoms with van der Waals surface area (Å²) in [6, 6.07) is 13.7. The maximum absolute atomic E-state index is 12.7. The van der Waals surface area contributed by atoms with Crippen LogP contribution in [0.1, 0.15) is 33.7 Å². The summed E-state index contributed by atoms with van der Waals surface area (Å²) in [6.45, 7) is 1.97. The second-order valence-electron chi connectivity index (χ2n) is 6.05. The fourth-order valence-corrected chi connectivity index (χ4v) is 3.12. The maximum Gasteiger partial charge on any atom is 0.277 e. The second kappa shape index (κ2) is 5.92. The van der Waals surface area contributed by atoms with Crippen molar-refractivity contribution >= 4 is 11.7 Å². The molecule has 1 aromatic carbocycles. The molecule has 0 radical (unpaired) electrons. The Hall–Kier alpha value is -2.95. The fraction of sp³-hybridized carbons (Fsp3) is 0.211. The minimum atomic E-state index is -0.195. The molecule has 4 rings (SSSR count). The number of hydrogen-bond acceptors (Lipinski definition) is 3. The number of hydrogen-bond donors (Lipinski definition) is 1. The second-order valence-corrected chi connectivity index (χ2v) is 6.05. The molecular formula is C19H18N4O. The third kappa shape index (κ3) is 2.58. The molecule has 0 bridgehead atoms. The number of para-hydroxylation sites is 1. The van der Waals surface area contributed by atoms with E-state index in [1.165, 1.54) is 0 Å². The predicted molar refractivity (Wildman–Crippen MR) is 92.5 cm³/mol. The van der Waals surface area contributed by atoms with Gasteiger partial charge in [-0.2, -0.15) is 5.10 Å². The zero-order chi connectivity index (χ0) is 16.5. The van der Waals surface area contributed by atoms with E-state index in [1.807, 2.05) is 54.1 Å². The van der Waals surface area contributed by atoms with Crippen molar-refractivity contribution in [3.05, 3.63) is 71.2 Å². The molecule has 24 heavy (non-hydrogen) atoms. The van der Waals surface area contributed by atoms with Crippen LogP contribution in [0.5, 0.6) is 0 Å². The van der Waals surface area contributed by atoms with E-state index in [0.29, 0.717) is 11.5 Å². The van der Waals surface area contributed by atoms with Gasteiger partial charge in [-0.05, 0) is 49.9 Å². The lowest BCUT2D eigenvalue weighted by atomic mass is 10.2. The molecule has 0 fully saturated rings. The average molecular weight is 318 g/mol. The first-order valence-corrected chi connectivity index (χ1v) is 8.12. The lowest BCUT2D eigenvalue weighted by Gasteiger charge is -2.05. The number of aromatic nitrogens is 3. The van der Waals surface area contributed by atoms with Gasteiger partial charge in [0, 0.05) is 17.5 Å². The highest BCUT2D eigenvalue weighted by molar-refractivity contribution is 6.03. The number of carbonyl (C=O) groups excluding carboxylic acids is 1. The number of nitrogens with zero attached hydrogens (tertiary/aromatic N) is 3. The van der Waals surface area contributed by atoms with E-state index in [4.69, 9.17) is 0 Å². The molecule has 0 atom stereocenters. The summed E-state index contributed by atoms with van der Waals surface area (Å²) < 4.78 is 1.90. The predicted octanol–water partition coefficient (Wildman–Crippen LogP) is 3.32. The highest BCUT2D eigenvalue weighted by atomic mass is 16.2. The summed E-state index contributed by atoms with van der Waals surface area (Å²) in [4.78, 5) is 16.9.